The molecular weight excluding hydrogens is 536 g/mol. The van der Waals surface area contributed by atoms with Crippen LogP contribution in [-0.4, -0.2) is 72.7 Å². The second-order valence-electron chi connectivity index (χ2n) is 10.7. The monoisotopic (exact) mass is 584 g/mol. The number of hydrogen-bond acceptors (Lipinski definition) is 10. The average molecular weight is 585 g/mol. The summed E-state index contributed by atoms with van der Waals surface area (Å²) in [4.78, 5) is 53.5. The van der Waals surface area contributed by atoms with Gasteiger partial charge in [0.1, 0.15) is 0 Å². The van der Waals surface area contributed by atoms with Crippen LogP contribution in [0.5, 0.6) is 0 Å². The topological polar surface area (TPSA) is 141 Å². The van der Waals surface area contributed by atoms with Gasteiger partial charge in [-0.25, -0.2) is 0 Å². The summed E-state index contributed by atoms with van der Waals surface area (Å²) in [5.41, 5.74) is 0. The van der Waals surface area contributed by atoms with Crippen LogP contribution >= 0.6 is 0 Å². The zero-order valence-corrected chi connectivity index (χ0v) is 25.8. The fourth-order valence-electron chi connectivity index (χ4n) is 4.41. The number of rotatable bonds is 20. The lowest BCUT2D eigenvalue weighted by molar-refractivity contribution is -0.151. The summed E-state index contributed by atoms with van der Waals surface area (Å²) in [6, 6.07) is 3.51. The molecule has 4 unspecified atom stereocenters. The Hall–Kier alpha value is -3.66. The van der Waals surface area contributed by atoms with Gasteiger partial charge in [0.15, 0.2) is 11.6 Å². The van der Waals surface area contributed by atoms with E-state index in [-0.39, 0.29) is 25.0 Å². The number of carbonyl (C=O) groups is 4. The van der Waals surface area contributed by atoms with E-state index >= 15 is 0 Å². The molecule has 0 amide bonds. The van der Waals surface area contributed by atoms with Crippen molar-refractivity contribution >= 4 is 23.5 Å². The molecule has 10 heteroatoms. The second kappa shape index (κ2) is 21.1. The SMILES string of the molecule is CCCCC(CC)COC(=O)C(C#N)C(=O)/C=C/N1CCN(/C=C/C(=O)C(C#N)C(=O)OCC(CC)CCCC)CC1. The third kappa shape index (κ3) is 13.3. The molecule has 0 bridgehead atoms. The molecule has 232 valence electrons. The molecule has 0 aromatic heterocycles. The molecule has 1 rings (SSSR count). The van der Waals surface area contributed by atoms with Crippen LogP contribution in [0.2, 0.25) is 0 Å². The number of carbonyl (C=O) groups excluding carboxylic acids is 4. The Bertz CT molecular complexity index is 923. The standard InChI is InChI=1S/C32H48N4O6/c1-5-9-11-25(7-3)23-41-31(39)27(21-33)29(37)13-15-35-17-19-36(20-18-35)16-14-30(38)28(22-34)32(40)42-24-26(8-4)12-10-6-2/h13-16,25-28H,5-12,17-20,23-24H2,1-4H3/b15-13+,16-14+. The van der Waals surface area contributed by atoms with E-state index in [1.54, 1.807) is 24.5 Å². The van der Waals surface area contributed by atoms with E-state index in [1.165, 1.54) is 12.2 Å². The third-order valence-electron chi connectivity index (χ3n) is 7.56. The maximum absolute atomic E-state index is 12.5. The van der Waals surface area contributed by atoms with E-state index in [9.17, 15) is 29.7 Å². The summed E-state index contributed by atoms with van der Waals surface area (Å²) in [7, 11) is 0. The summed E-state index contributed by atoms with van der Waals surface area (Å²) >= 11 is 0. The smallest absolute Gasteiger partial charge is 0.331 e. The van der Waals surface area contributed by atoms with Crippen molar-refractivity contribution in [2.24, 2.45) is 23.7 Å². The number of hydrogen-bond donors (Lipinski definition) is 0. The van der Waals surface area contributed by atoms with Crippen molar-refractivity contribution in [3.8, 4) is 12.1 Å². The molecule has 42 heavy (non-hydrogen) atoms. The highest BCUT2D eigenvalue weighted by Crippen LogP contribution is 2.16. The van der Waals surface area contributed by atoms with Gasteiger partial charge in [-0.1, -0.05) is 66.2 Å². The Labute approximate surface area is 251 Å². The van der Waals surface area contributed by atoms with Crippen molar-refractivity contribution in [3.63, 3.8) is 0 Å². The molecule has 1 fully saturated rings. The lowest BCUT2D eigenvalue weighted by Gasteiger charge is -2.33. The van der Waals surface area contributed by atoms with Crippen molar-refractivity contribution in [1.29, 1.82) is 10.5 Å². The van der Waals surface area contributed by atoms with E-state index < -0.39 is 35.3 Å². The predicted octanol–water partition coefficient (Wildman–Crippen LogP) is 4.57. The molecule has 0 aromatic carbocycles. The van der Waals surface area contributed by atoms with Crippen molar-refractivity contribution in [1.82, 2.24) is 9.80 Å². The summed E-state index contributed by atoms with van der Waals surface area (Å²) in [5, 5.41) is 18.8. The number of allylic oxidation sites excluding steroid dienone is 2. The van der Waals surface area contributed by atoms with Crippen molar-refractivity contribution in [3.05, 3.63) is 24.6 Å². The first-order valence-corrected chi connectivity index (χ1v) is 15.3. The van der Waals surface area contributed by atoms with Crippen LogP contribution in [0, 0.1) is 46.3 Å². The lowest BCUT2D eigenvalue weighted by Crippen LogP contribution is -2.41. The fraction of sp³-hybridized carbons (Fsp3) is 0.688. The van der Waals surface area contributed by atoms with Crippen molar-refractivity contribution in [2.75, 3.05) is 39.4 Å². The largest absolute Gasteiger partial charge is 0.464 e. The highest BCUT2D eigenvalue weighted by molar-refractivity contribution is 6.07. The molecule has 0 aliphatic carbocycles. The van der Waals surface area contributed by atoms with Crippen molar-refractivity contribution in [2.45, 2.75) is 79.1 Å². The number of piperazine rings is 1. The highest BCUT2D eigenvalue weighted by atomic mass is 16.5. The van der Waals surface area contributed by atoms with Gasteiger partial charge < -0.3 is 19.3 Å². The van der Waals surface area contributed by atoms with Crippen LogP contribution in [0.15, 0.2) is 24.6 Å². The third-order valence-corrected chi connectivity index (χ3v) is 7.56. The minimum Gasteiger partial charge on any atom is -0.464 e. The summed E-state index contributed by atoms with van der Waals surface area (Å²) < 4.78 is 10.6. The predicted molar refractivity (Wildman–Crippen MR) is 158 cm³/mol. The molecule has 0 saturated carbocycles. The van der Waals surface area contributed by atoms with Crippen LogP contribution < -0.4 is 0 Å². The van der Waals surface area contributed by atoms with E-state index in [0.29, 0.717) is 26.2 Å². The van der Waals surface area contributed by atoms with Gasteiger partial charge in [0.2, 0.25) is 11.8 Å². The first-order valence-electron chi connectivity index (χ1n) is 15.3. The van der Waals surface area contributed by atoms with E-state index in [4.69, 9.17) is 9.47 Å². The number of nitriles is 2. The molecule has 0 N–H and O–H groups in total. The molecule has 1 heterocycles. The minimum atomic E-state index is -1.50. The van der Waals surface area contributed by atoms with E-state index in [1.807, 2.05) is 23.6 Å². The number of ether oxygens (including phenoxy) is 2. The summed E-state index contributed by atoms with van der Waals surface area (Å²) in [6.07, 6.45) is 13.3. The molecule has 1 saturated heterocycles. The normalized spacial score (nSPS) is 16.3. The molecule has 1 aliphatic rings. The molecule has 0 radical (unpaired) electrons. The molecule has 10 nitrogen and oxygen atoms in total. The van der Waals surface area contributed by atoms with Crippen LogP contribution in [-0.2, 0) is 28.7 Å². The number of esters is 2. The Morgan fingerprint density at radius 3 is 1.33 bits per heavy atom. The summed E-state index contributed by atoms with van der Waals surface area (Å²) in [6.45, 7) is 10.8. The van der Waals surface area contributed by atoms with E-state index in [0.717, 1.165) is 51.4 Å². The van der Waals surface area contributed by atoms with Gasteiger partial charge in [-0.05, 0) is 36.8 Å². The first-order chi connectivity index (χ1) is 20.2. The second-order valence-corrected chi connectivity index (χ2v) is 10.7. The quantitative estimate of drug-likeness (QED) is 0.113. The Morgan fingerprint density at radius 2 is 1.05 bits per heavy atom. The van der Waals surface area contributed by atoms with Gasteiger partial charge in [-0.15, -0.1) is 0 Å². The molecule has 1 aliphatic heterocycles. The zero-order valence-electron chi connectivity index (χ0n) is 25.8. The molecule has 0 aromatic rings. The van der Waals surface area contributed by atoms with Gasteiger partial charge in [-0.3, -0.25) is 19.2 Å². The van der Waals surface area contributed by atoms with Gasteiger partial charge in [0, 0.05) is 38.6 Å². The average Bonchev–Trinajstić information content (AvgIpc) is 3.00. The Balaban J connectivity index is 2.54. The van der Waals surface area contributed by atoms with Gasteiger partial charge >= 0.3 is 11.9 Å². The molecule has 4 atom stereocenters. The Kier molecular flexibility index (Phi) is 18.3. The summed E-state index contributed by atoms with van der Waals surface area (Å²) in [5.74, 6) is -5.44. The van der Waals surface area contributed by atoms with Crippen molar-refractivity contribution < 1.29 is 28.7 Å². The molecular formula is C32H48N4O6. The highest BCUT2D eigenvalue weighted by Gasteiger charge is 2.28. The number of nitrogens with zero attached hydrogens (tertiary/aromatic N) is 4. The maximum atomic E-state index is 12.5. The maximum Gasteiger partial charge on any atom is 0.331 e. The van der Waals surface area contributed by atoms with Gasteiger partial charge in [0.05, 0.1) is 25.4 Å². The van der Waals surface area contributed by atoms with E-state index in [2.05, 4.69) is 13.8 Å². The zero-order chi connectivity index (χ0) is 31.3. The fourth-order valence-corrected chi connectivity index (χ4v) is 4.41. The first kappa shape index (κ1) is 36.4. The molecule has 0 spiro atoms. The minimum absolute atomic E-state index is 0.206. The van der Waals surface area contributed by atoms with Crippen LogP contribution in [0.25, 0.3) is 0 Å². The van der Waals surface area contributed by atoms with Gasteiger partial charge in [-0.2, -0.15) is 10.5 Å². The van der Waals surface area contributed by atoms with Crippen LogP contribution in [0.4, 0.5) is 0 Å². The number of unbranched alkanes of at least 4 members (excludes halogenated alkanes) is 2. The Morgan fingerprint density at radius 1 is 0.690 bits per heavy atom. The lowest BCUT2D eigenvalue weighted by atomic mass is 10.0. The number of ketones is 2. The van der Waals surface area contributed by atoms with Gasteiger partial charge in [0.25, 0.3) is 0 Å². The van der Waals surface area contributed by atoms with Crippen LogP contribution in [0.1, 0.15) is 79.1 Å². The van der Waals surface area contributed by atoms with Crippen LogP contribution in [0.3, 0.4) is 0 Å².